The fourth-order valence-electron chi connectivity index (χ4n) is 8.98. The lowest BCUT2D eigenvalue weighted by Crippen LogP contribution is -2.61. The number of fused-ring (bicyclic) bond motifs is 5. The summed E-state index contributed by atoms with van der Waals surface area (Å²) in [6.45, 7) is 0. The molecule has 9 nitrogen and oxygen atoms in total. The van der Waals surface area contributed by atoms with Crippen LogP contribution in [-0.2, 0) is 25.6 Å². The second kappa shape index (κ2) is 12.2. The average Bonchev–Trinajstić information content (AvgIpc) is 3.52. The van der Waals surface area contributed by atoms with Gasteiger partial charge in [0.05, 0.1) is 29.5 Å². The van der Waals surface area contributed by atoms with Crippen molar-refractivity contribution in [2.24, 2.45) is 23.7 Å². The van der Waals surface area contributed by atoms with Crippen LogP contribution in [0.4, 0.5) is 15.8 Å². The third-order valence-electron chi connectivity index (χ3n) is 11.5. The van der Waals surface area contributed by atoms with Crippen molar-refractivity contribution >= 4 is 64.0 Å². The number of rotatable bonds is 5. The lowest BCUT2D eigenvalue weighted by atomic mass is 9.56. The third kappa shape index (κ3) is 4.79. The van der Waals surface area contributed by atoms with E-state index in [4.69, 9.17) is 27.9 Å². The predicted octanol–water partition coefficient (Wildman–Crippen LogP) is 6.88. The largest absolute Gasteiger partial charge is 0.508 e. The molecule has 4 amide bonds. The van der Waals surface area contributed by atoms with Gasteiger partial charge in [-0.2, -0.15) is 0 Å². The molecule has 0 bridgehead atoms. The number of hydrogen-bond acceptors (Lipinski definition) is 7. The minimum absolute atomic E-state index is 0.00523. The van der Waals surface area contributed by atoms with E-state index in [-0.39, 0.29) is 36.5 Å². The van der Waals surface area contributed by atoms with Crippen LogP contribution >= 0.6 is 23.2 Å². The van der Waals surface area contributed by atoms with Gasteiger partial charge in [-0.25, -0.2) is 9.29 Å². The van der Waals surface area contributed by atoms with Gasteiger partial charge in [-0.3, -0.25) is 28.9 Å². The SMILES string of the molecule is O=C(c1ccccc1)c1ccc(N2C(=O)[C@H]3[C@H](CC=C4[C@H](C5=COc6ccc(O)cc6C5)[C@]5(Cl)C(=O)N(c6ccc(F)cc6)C(=O)[C@]5(Cl)C[C@H]43)C2=O)cc1. The molecule has 3 aliphatic heterocycles. The number of imide groups is 2. The van der Waals surface area contributed by atoms with Crippen LogP contribution in [0.5, 0.6) is 11.5 Å². The second-order valence-electron chi connectivity index (χ2n) is 14.3. The summed E-state index contributed by atoms with van der Waals surface area (Å²) in [5.41, 5.74) is 2.91. The van der Waals surface area contributed by atoms with Crippen LogP contribution in [-0.4, -0.2) is 44.3 Å². The Bertz CT molecular complexity index is 2380. The summed E-state index contributed by atoms with van der Waals surface area (Å²) in [6, 6.07) is 24.4. The van der Waals surface area contributed by atoms with Crippen LogP contribution in [0.2, 0.25) is 0 Å². The monoisotopic (exact) mass is 762 g/mol. The summed E-state index contributed by atoms with van der Waals surface area (Å²) in [5.74, 6) is -6.51. The number of phenols is 1. The van der Waals surface area contributed by atoms with E-state index in [1.54, 1.807) is 54.6 Å². The van der Waals surface area contributed by atoms with Crippen molar-refractivity contribution in [1.82, 2.24) is 0 Å². The summed E-state index contributed by atoms with van der Waals surface area (Å²) >= 11 is 15.0. The number of alkyl halides is 2. The van der Waals surface area contributed by atoms with E-state index < -0.39 is 62.9 Å². The van der Waals surface area contributed by atoms with Crippen molar-refractivity contribution in [3.63, 3.8) is 0 Å². The number of phenolic OH excluding ortho intramolecular Hbond substituents is 1. The first-order valence-corrected chi connectivity index (χ1v) is 18.2. The Morgan fingerprint density at radius 1 is 0.796 bits per heavy atom. The van der Waals surface area contributed by atoms with E-state index in [0.29, 0.717) is 39.3 Å². The normalized spacial score (nSPS) is 28.4. The number of allylic oxidation sites excluding steroid dienone is 3. The summed E-state index contributed by atoms with van der Waals surface area (Å²) in [5, 5.41) is 10.3. The number of nitrogens with zero attached hydrogens (tertiary/aromatic N) is 2. The Morgan fingerprint density at radius 2 is 1.46 bits per heavy atom. The summed E-state index contributed by atoms with van der Waals surface area (Å²) in [6.07, 6.45) is 3.36. The Morgan fingerprint density at radius 3 is 2.19 bits per heavy atom. The maximum Gasteiger partial charge on any atom is 0.258 e. The maximum atomic E-state index is 14.6. The molecular formula is C42H29Cl2FN2O7. The van der Waals surface area contributed by atoms with E-state index in [1.807, 2.05) is 12.1 Å². The van der Waals surface area contributed by atoms with E-state index in [0.717, 1.165) is 21.9 Å². The molecule has 270 valence electrons. The molecule has 3 fully saturated rings. The number of amides is 4. The van der Waals surface area contributed by atoms with Gasteiger partial charge in [-0.05, 0) is 91.1 Å². The summed E-state index contributed by atoms with van der Waals surface area (Å²) in [4.78, 5) is 68.6. The van der Waals surface area contributed by atoms with Crippen LogP contribution in [0.3, 0.4) is 0 Å². The van der Waals surface area contributed by atoms with Crippen molar-refractivity contribution in [2.75, 3.05) is 9.80 Å². The highest BCUT2D eigenvalue weighted by Gasteiger charge is 2.77. The molecule has 0 unspecified atom stereocenters. The maximum absolute atomic E-state index is 14.6. The number of carbonyl (C=O) groups is 5. The van der Waals surface area contributed by atoms with Gasteiger partial charge in [0.25, 0.3) is 11.8 Å². The van der Waals surface area contributed by atoms with Gasteiger partial charge in [0, 0.05) is 29.0 Å². The van der Waals surface area contributed by atoms with Crippen LogP contribution < -0.4 is 14.5 Å². The lowest BCUT2D eigenvalue weighted by molar-refractivity contribution is -0.125. The van der Waals surface area contributed by atoms with Gasteiger partial charge >= 0.3 is 0 Å². The number of aromatic hydroxyl groups is 1. The second-order valence-corrected chi connectivity index (χ2v) is 15.5. The number of hydrogen-bond donors (Lipinski definition) is 1. The number of benzene rings is 4. The molecule has 5 aliphatic rings. The molecule has 4 aromatic carbocycles. The van der Waals surface area contributed by atoms with Gasteiger partial charge in [0.1, 0.15) is 17.3 Å². The zero-order valence-electron chi connectivity index (χ0n) is 28.2. The Hall–Kier alpha value is -5.58. The number of ether oxygens (including phenoxy) is 1. The third-order valence-corrected chi connectivity index (χ3v) is 12.9. The Kier molecular flexibility index (Phi) is 7.74. The van der Waals surface area contributed by atoms with Gasteiger partial charge in [0.15, 0.2) is 15.5 Å². The molecule has 4 aromatic rings. The first-order valence-electron chi connectivity index (χ1n) is 17.4. The van der Waals surface area contributed by atoms with Gasteiger partial charge < -0.3 is 9.84 Å². The first kappa shape index (κ1) is 34.2. The number of halogens is 3. The smallest absolute Gasteiger partial charge is 0.258 e. The topological polar surface area (TPSA) is 121 Å². The van der Waals surface area contributed by atoms with Gasteiger partial charge in [-0.15, -0.1) is 23.2 Å². The van der Waals surface area contributed by atoms with Crippen LogP contribution in [0.25, 0.3) is 0 Å². The van der Waals surface area contributed by atoms with Crippen LogP contribution in [0.1, 0.15) is 34.3 Å². The minimum Gasteiger partial charge on any atom is -0.508 e. The van der Waals surface area contributed by atoms with E-state index in [9.17, 15) is 33.5 Å². The molecule has 0 radical (unpaired) electrons. The van der Waals surface area contributed by atoms with Crippen molar-refractivity contribution in [3.8, 4) is 11.5 Å². The average molecular weight is 764 g/mol. The van der Waals surface area contributed by atoms with Crippen LogP contribution in [0, 0.1) is 29.5 Å². The molecule has 3 heterocycles. The standard InChI is InChI=1S/C42H29Cl2FN2O7/c43-41-20-32-30(15-16-31-34(32)38(51)46(37(31)50)27-10-6-23(7-11-27)36(49)22-4-2-1-3-5-22)35(25-18-24-19-29(48)14-17-33(24)54-21-25)42(41,44)40(53)47(39(41)52)28-12-8-26(45)9-13-28/h1-15,17,19,21,31-32,34-35,48H,16,18,20H2/t31-,32+,34-,35-,41+,42-/m0/s1. The molecule has 0 spiro atoms. The summed E-state index contributed by atoms with van der Waals surface area (Å²) in [7, 11) is 0. The molecule has 9 rings (SSSR count). The highest BCUT2D eigenvalue weighted by Crippen LogP contribution is 2.65. The van der Waals surface area contributed by atoms with Gasteiger partial charge in [-0.1, -0.05) is 42.0 Å². The van der Waals surface area contributed by atoms with Crippen LogP contribution in [0.15, 0.2) is 121 Å². The molecular weight excluding hydrogens is 734 g/mol. The fraction of sp³-hybridized carbons (Fsp3) is 0.214. The Balaban J connectivity index is 1.12. The number of carbonyl (C=O) groups excluding carboxylic acids is 5. The summed E-state index contributed by atoms with van der Waals surface area (Å²) < 4.78 is 20.0. The molecule has 1 N–H and O–H groups in total. The van der Waals surface area contributed by atoms with Crippen molar-refractivity contribution in [2.45, 2.75) is 29.0 Å². The molecule has 2 saturated heterocycles. The van der Waals surface area contributed by atoms with Crippen molar-refractivity contribution in [3.05, 3.63) is 143 Å². The highest BCUT2D eigenvalue weighted by molar-refractivity contribution is 6.58. The molecule has 54 heavy (non-hydrogen) atoms. The number of anilines is 2. The lowest BCUT2D eigenvalue weighted by Gasteiger charge is -2.51. The van der Waals surface area contributed by atoms with E-state index in [2.05, 4.69) is 0 Å². The van der Waals surface area contributed by atoms with Crippen molar-refractivity contribution in [1.29, 1.82) is 0 Å². The molecule has 6 atom stereocenters. The molecule has 2 aliphatic carbocycles. The quantitative estimate of drug-likeness (QED) is 0.102. The molecule has 0 aromatic heterocycles. The first-order chi connectivity index (χ1) is 25.9. The zero-order valence-corrected chi connectivity index (χ0v) is 29.8. The van der Waals surface area contributed by atoms with Gasteiger partial charge in [0.2, 0.25) is 11.8 Å². The number of ketones is 1. The van der Waals surface area contributed by atoms with E-state index in [1.165, 1.54) is 30.5 Å². The predicted molar refractivity (Wildman–Crippen MR) is 197 cm³/mol. The molecule has 1 saturated carbocycles. The van der Waals surface area contributed by atoms with E-state index >= 15 is 0 Å². The minimum atomic E-state index is -2.12. The molecule has 12 heteroatoms. The Labute approximate surface area is 318 Å². The van der Waals surface area contributed by atoms with Crippen molar-refractivity contribution < 1.29 is 38.2 Å². The zero-order chi connectivity index (χ0) is 37.7. The fourth-order valence-corrected chi connectivity index (χ4v) is 9.93. The highest BCUT2D eigenvalue weighted by atomic mass is 35.5.